The van der Waals surface area contributed by atoms with Crippen molar-refractivity contribution in [1.82, 2.24) is 9.97 Å². The maximum Gasteiger partial charge on any atom is 0.270 e. The minimum atomic E-state index is -0.507. The van der Waals surface area contributed by atoms with Gasteiger partial charge >= 0.3 is 0 Å². The summed E-state index contributed by atoms with van der Waals surface area (Å²) in [7, 11) is 0. The first kappa shape index (κ1) is 9.28. The highest BCUT2D eigenvalue weighted by molar-refractivity contribution is 5.85. The van der Waals surface area contributed by atoms with E-state index in [-0.39, 0.29) is 11.6 Å². The van der Waals surface area contributed by atoms with Crippen LogP contribution in [0.15, 0.2) is 24.5 Å². The standard InChI is InChI=1S/C8H6N4O3/c9-15-8-6-3-5(12(13)14)1-2-7(6)10-4-11-8/h1-4H,9H2. The SMILES string of the molecule is NOc1ncnc2ccc([N+](=O)[O-])cc12. The molecule has 0 spiro atoms. The Labute approximate surface area is 83.6 Å². The van der Waals surface area contributed by atoms with Gasteiger partial charge in [-0.1, -0.05) is 0 Å². The van der Waals surface area contributed by atoms with E-state index in [1.54, 1.807) is 0 Å². The van der Waals surface area contributed by atoms with Crippen LogP contribution in [0, 0.1) is 10.1 Å². The number of benzene rings is 1. The first-order chi connectivity index (χ1) is 7.22. The molecule has 0 atom stereocenters. The molecule has 0 saturated carbocycles. The molecule has 76 valence electrons. The fourth-order valence-electron chi connectivity index (χ4n) is 1.23. The van der Waals surface area contributed by atoms with E-state index in [1.165, 1.54) is 24.5 Å². The maximum atomic E-state index is 10.5. The number of hydrogen-bond acceptors (Lipinski definition) is 6. The van der Waals surface area contributed by atoms with E-state index >= 15 is 0 Å². The molecule has 7 heteroatoms. The zero-order valence-corrected chi connectivity index (χ0v) is 7.45. The molecular formula is C8H6N4O3. The zero-order chi connectivity index (χ0) is 10.8. The number of nitrogens with two attached hydrogens (primary N) is 1. The molecule has 0 unspecified atom stereocenters. The molecule has 0 aliphatic rings. The Morgan fingerprint density at radius 3 is 2.87 bits per heavy atom. The molecule has 1 aromatic heterocycles. The van der Waals surface area contributed by atoms with Gasteiger partial charge in [0, 0.05) is 12.1 Å². The lowest BCUT2D eigenvalue weighted by Crippen LogP contribution is -2.04. The van der Waals surface area contributed by atoms with Crippen LogP contribution in [0.25, 0.3) is 10.9 Å². The molecule has 2 aromatic rings. The summed E-state index contributed by atoms with van der Waals surface area (Å²) in [6, 6.07) is 4.19. The van der Waals surface area contributed by atoms with E-state index < -0.39 is 4.92 Å². The third kappa shape index (κ3) is 1.55. The fourth-order valence-corrected chi connectivity index (χ4v) is 1.23. The first-order valence-electron chi connectivity index (χ1n) is 3.98. The van der Waals surface area contributed by atoms with Crippen LogP contribution in [-0.2, 0) is 0 Å². The second-order valence-corrected chi connectivity index (χ2v) is 2.76. The van der Waals surface area contributed by atoms with Crippen molar-refractivity contribution in [3.63, 3.8) is 0 Å². The quantitative estimate of drug-likeness (QED) is 0.575. The third-order valence-electron chi connectivity index (χ3n) is 1.90. The van der Waals surface area contributed by atoms with Gasteiger partial charge in [-0.15, -0.1) is 0 Å². The van der Waals surface area contributed by atoms with E-state index in [0.717, 1.165) is 0 Å². The number of nitro benzene ring substituents is 1. The number of non-ortho nitro benzene ring substituents is 1. The summed E-state index contributed by atoms with van der Waals surface area (Å²) in [5, 5.41) is 10.9. The van der Waals surface area contributed by atoms with Gasteiger partial charge < -0.3 is 4.84 Å². The van der Waals surface area contributed by atoms with Crippen molar-refractivity contribution in [2.24, 2.45) is 5.90 Å². The second kappa shape index (κ2) is 3.46. The summed E-state index contributed by atoms with van der Waals surface area (Å²) in [6.45, 7) is 0. The summed E-state index contributed by atoms with van der Waals surface area (Å²) in [5.74, 6) is 5.10. The van der Waals surface area contributed by atoms with Crippen LogP contribution in [0.1, 0.15) is 0 Å². The van der Waals surface area contributed by atoms with Crippen LogP contribution in [0.3, 0.4) is 0 Å². The lowest BCUT2D eigenvalue weighted by molar-refractivity contribution is -0.384. The van der Waals surface area contributed by atoms with Crippen molar-refractivity contribution in [3.05, 3.63) is 34.6 Å². The van der Waals surface area contributed by atoms with Crippen molar-refractivity contribution in [2.45, 2.75) is 0 Å². The molecule has 15 heavy (non-hydrogen) atoms. The van der Waals surface area contributed by atoms with Crippen LogP contribution in [0.2, 0.25) is 0 Å². The van der Waals surface area contributed by atoms with Crippen LogP contribution in [-0.4, -0.2) is 14.9 Å². The lowest BCUT2D eigenvalue weighted by Gasteiger charge is -2.01. The number of hydrogen-bond donors (Lipinski definition) is 1. The number of rotatable bonds is 2. The number of nitrogens with zero attached hydrogens (tertiary/aromatic N) is 3. The monoisotopic (exact) mass is 206 g/mol. The van der Waals surface area contributed by atoms with Crippen LogP contribution in [0.5, 0.6) is 5.88 Å². The van der Waals surface area contributed by atoms with Gasteiger partial charge in [0.1, 0.15) is 6.33 Å². The normalized spacial score (nSPS) is 10.2. The van der Waals surface area contributed by atoms with E-state index in [9.17, 15) is 10.1 Å². The van der Waals surface area contributed by atoms with Crippen LogP contribution < -0.4 is 10.7 Å². The van der Waals surface area contributed by atoms with Crippen molar-refractivity contribution >= 4 is 16.6 Å². The predicted octanol–water partition coefficient (Wildman–Crippen LogP) is 0.790. The van der Waals surface area contributed by atoms with Gasteiger partial charge in [-0.25, -0.2) is 4.98 Å². The van der Waals surface area contributed by atoms with Crippen molar-refractivity contribution in [1.29, 1.82) is 0 Å². The third-order valence-corrected chi connectivity index (χ3v) is 1.90. The Morgan fingerprint density at radius 2 is 2.20 bits per heavy atom. The van der Waals surface area contributed by atoms with E-state index in [2.05, 4.69) is 14.8 Å². The molecule has 7 nitrogen and oxygen atoms in total. The summed E-state index contributed by atoms with van der Waals surface area (Å²) in [4.78, 5) is 22.2. The Hall–Kier alpha value is -2.28. The number of nitro groups is 1. The van der Waals surface area contributed by atoms with Gasteiger partial charge in [0.15, 0.2) is 0 Å². The van der Waals surface area contributed by atoms with Crippen molar-refractivity contribution in [2.75, 3.05) is 0 Å². The molecule has 0 bridgehead atoms. The molecule has 0 fully saturated rings. The molecule has 0 radical (unpaired) electrons. The number of aromatic nitrogens is 2. The summed E-state index contributed by atoms with van der Waals surface area (Å²) in [6.07, 6.45) is 1.27. The highest BCUT2D eigenvalue weighted by Gasteiger charge is 2.10. The summed E-state index contributed by atoms with van der Waals surface area (Å²) >= 11 is 0. The zero-order valence-electron chi connectivity index (χ0n) is 7.45. The Bertz CT molecular complexity index is 528. The molecule has 0 aliphatic heterocycles. The highest BCUT2D eigenvalue weighted by Crippen LogP contribution is 2.24. The Kier molecular flexibility index (Phi) is 2.14. The molecule has 1 heterocycles. The first-order valence-corrected chi connectivity index (χ1v) is 3.98. The topological polar surface area (TPSA) is 104 Å². The largest absolute Gasteiger partial charge is 0.390 e. The minimum Gasteiger partial charge on any atom is -0.390 e. The van der Waals surface area contributed by atoms with E-state index in [4.69, 9.17) is 5.90 Å². The Balaban J connectivity index is 2.72. The van der Waals surface area contributed by atoms with Crippen molar-refractivity contribution in [3.8, 4) is 5.88 Å². The molecule has 1 aromatic carbocycles. The molecule has 0 saturated heterocycles. The average Bonchev–Trinajstić information content (AvgIpc) is 2.27. The predicted molar refractivity (Wildman–Crippen MR) is 51.0 cm³/mol. The fraction of sp³-hybridized carbons (Fsp3) is 0. The van der Waals surface area contributed by atoms with Crippen molar-refractivity contribution < 1.29 is 9.76 Å². The van der Waals surface area contributed by atoms with Gasteiger partial charge in [-0.2, -0.15) is 10.9 Å². The maximum absolute atomic E-state index is 10.5. The van der Waals surface area contributed by atoms with Gasteiger partial charge in [0.05, 0.1) is 15.8 Å². The van der Waals surface area contributed by atoms with Crippen LogP contribution >= 0.6 is 0 Å². The lowest BCUT2D eigenvalue weighted by atomic mass is 10.2. The Morgan fingerprint density at radius 1 is 1.40 bits per heavy atom. The minimum absolute atomic E-state index is 0.0596. The smallest absolute Gasteiger partial charge is 0.270 e. The van der Waals surface area contributed by atoms with Gasteiger partial charge in [0.2, 0.25) is 5.88 Å². The summed E-state index contributed by atoms with van der Waals surface area (Å²) < 4.78 is 0. The van der Waals surface area contributed by atoms with Gasteiger partial charge in [-0.05, 0) is 6.07 Å². The van der Waals surface area contributed by atoms with E-state index in [0.29, 0.717) is 10.9 Å². The second-order valence-electron chi connectivity index (χ2n) is 2.76. The molecule has 0 amide bonds. The average molecular weight is 206 g/mol. The highest BCUT2D eigenvalue weighted by atomic mass is 16.6. The molecular weight excluding hydrogens is 200 g/mol. The molecule has 0 aliphatic carbocycles. The number of fused-ring (bicyclic) bond motifs is 1. The van der Waals surface area contributed by atoms with Gasteiger partial charge in [-0.3, -0.25) is 10.1 Å². The summed E-state index contributed by atoms with van der Waals surface area (Å²) in [5.41, 5.74) is 0.478. The molecule has 2 rings (SSSR count). The molecule has 2 N–H and O–H groups in total. The van der Waals surface area contributed by atoms with E-state index in [1.807, 2.05) is 0 Å². The van der Waals surface area contributed by atoms with Gasteiger partial charge in [0.25, 0.3) is 5.69 Å². The van der Waals surface area contributed by atoms with Crippen LogP contribution in [0.4, 0.5) is 5.69 Å².